The number of aromatic nitrogens is 1. The second-order valence-corrected chi connectivity index (χ2v) is 4.72. The molecule has 1 heterocycles. The van der Waals surface area contributed by atoms with Crippen LogP contribution >= 0.6 is 27.5 Å². The van der Waals surface area contributed by atoms with Crippen LogP contribution in [0.5, 0.6) is 0 Å². The Balaban J connectivity index is 2.63. The van der Waals surface area contributed by atoms with Gasteiger partial charge in [-0.15, -0.1) is 0 Å². The molecule has 18 heavy (non-hydrogen) atoms. The topological polar surface area (TPSA) is 39.2 Å². The van der Waals surface area contributed by atoms with Crippen molar-refractivity contribution < 1.29 is 13.9 Å². The van der Waals surface area contributed by atoms with E-state index in [9.17, 15) is 9.18 Å². The van der Waals surface area contributed by atoms with Gasteiger partial charge in [0.25, 0.3) is 0 Å². The lowest BCUT2D eigenvalue weighted by atomic mass is 10.1. The van der Waals surface area contributed by atoms with Crippen molar-refractivity contribution >= 4 is 44.4 Å². The third-order valence-corrected chi connectivity index (χ3v) is 3.35. The third-order valence-electron chi connectivity index (χ3n) is 2.34. The summed E-state index contributed by atoms with van der Waals surface area (Å²) in [5.41, 5.74) is 0.633. The number of carbonyl (C=O) groups is 1. The Morgan fingerprint density at radius 1 is 1.56 bits per heavy atom. The van der Waals surface area contributed by atoms with E-state index in [1.165, 1.54) is 18.3 Å². The summed E-state index contributed by atoms with van der Waals surface area (Å²) in [7, 11) is 0. The predicted octanol–water partition coefficient (Wildman–Crippen LogP) is 3.97. The maximum atomic E-state index is 13.5. The molecule has 0 amide bonds. The van der Waals surface area contributed by atoms with Crippen LogP contribution in [0.4, 0.5) is 4.39 Å². The molecule has 0 aliphatic heterocycles. The summed E-state index contributed by atoms with van der Waals surface area (Å²) < 4.78 is 18.6. The molecule has 6 heteroatoms. The first kappa shape index (κ1) is 13.2. The van der Waals surface area contributed by atoms with Gasteiger partial charge in [0.1, 0.15) is 5.82 Å². The van der Waals surface area contributed by atoms with Crippen molar-refractivity contribution in [2.45, 2.75) is 6.92 Å². The maximum Gasteiger partial charge on any atom is 0.341 e. The highest BCUT2D eigenvalue weighted by atomic mass is 79.9. The van der Waals surface area contributed by atoms with Gasteiger partial charge in [-0.25, -0.2) is 9.18 Å². The molecule has 0 radical (unpaired) electrons. The molecule has 0 unspecified atom stereocenters. The van der Waals surface area contributed by atoms with Gasteiger partial charge in [-0.1, -0.05) is 11.6 Å². The Labute approximate surface area is 116 Å². The molecule has 0 spiro atoms. The smallest absolute Gasteiger partial charge is 0.341 e. The van der Waals surface area contributed by atoms with Crippen molar-refractivity contribution in [1.29, 1.82) is 0 Å². The van der Waals surface area contributed by atoms with Gasteiger partial charge in [0, 0.05) is 11.6 Å². The average Bonchev–Trinajstić information content (AvgIpc) is 2.32. The second-order valence-electron chi connectivity index (χ2n) is 3.49. The van der Waals surface area contributed by atoms with Crippen molar-refractivity contribution in [1.82, 2.24) is 4.98 Å². The summed E-state index contributed by atoms with van der Waals surface area (Å²) in [6.45, 7) is 1.93. The first-order chi connectivity index (χ1) is 8.54. The number of hydrogen-bond acceptors (Lipinski definition) is 3. The van der Waals surface area contributed by atoms with E-state index in [1.54, 1.807) is 6.92 Å². The van der Waals surface area contributed by atoms with Gasteiger partial charge < -0.3 is 4.74 Å². The second kappa shape index (κ2) is 5.20. The Hall–Kier alpha value is -1.20. The quantitative estimate of drug-likeness (QED) is 0.781. The number of fused-ring (bicyclic) bond motifs is 1. The highest BCUT2D eigenvalue weighted by molar-refractivity contribution is 9.10. The van der Waals surface area contributed by atoms with Crippen molar-refractivity contribution in [2.75, 3.05) is 6.61 Å². The van der Waals surface area contributed by atoms with Crippen LogP contribution in [-0.2, 0) is 4.74 Å². The van der Waals surface area contributed by atoms with E-state index >= 15 is 0 Å². The molecule has 2 rings (SSSR count). The average molecular weight is 333 g/mol. The molecule has 0 bridgehead atoms. The lowest BCUT2D eigenvalue weighted by Crippen LogP contribution is -2.06. The summed E-state index contributed by atoms with van der Waals surface area (Å²) in [5, 5.41) is 0.521. The van der Waals surface area contributed by atoms with Crippen molar-refractivity contribution in [3.63, 3.8) is 0 Å². The molecule has 1 aromatic heterocycles. The van der Waals surface area contributed by atoms with E-state index in [4.69, 9.17) is 16.3 Å². The molecular weight excluding hydrogens is 324 g/mol. The minimum atomic E-state index is -0.569. The summed E-state index contributed by atoms with van der Waals surface area (Å²) in [5.74, 6) is -1.03. The van der Waals surface area contributed by atoms with Crippen LogP contribution in [0.15, 0.2) is 22.8 Å². The first-order valence-corrected chi connectivity index (χ1v) is 6.32. The number of benzene rings is 1. The predicted molar refractivity (Wildman–Crippen MR) is 70.4 cm³/mol. The number of nitrogens with zero attached hydrogens (tertiary/aromatic N) is 1. The standard InChI is InChI=1S/C12H8BrClFNO2/c1-2-18-12(17)7-5-16-10-4-8(13)9(15)3-6(10)11(7)14/h3-5H,2H2,1H3. The monoisotopic (exact) mass is 331 g/mol. The van der Waals surface area contributed by atoms with Crippen LogP contribution in [-0.4, -0.2) is 17.6 Å². The molecule has 2 aromatic rings. The number of hydrogen-bond donors (Lipinski definition) is 0. The number of esters is 1. The molecule has 1 aromatic carbocycles. The summed E-state index contributed by atoms with van der Waals surface area (Å²) in [4.78, 5) is 15.7. The SMILES string of the molecule is CCOC(=O)c1cnc2cc(Br)c(F)cc2c1Cl. The highest BCUT2D eigenvalue weighted by Crippen LogP contribution is 2.29. The summed E-state index contributed by atoms with van der Waals surface area (Å²) in [6, 6.07) is 2.74. The van der Waals surface area contributed by atoms with E-state index in [-0.39, 0.29) is 17.2 Å². The molecule has 94 valence electrons. The van der Waals surface area contributed by atoms with E-state index in [0.717, 1.165) is 0 Å². The molecule has 0 aliphatic rings. The van der Waals surface area contributed by atoms with Gasteiger partial charge in [0.2, 0.25) is 0 Å². The van der Waals surface area contributed by atoms with E-state index in [0.29, 0.717) is 15.4 Å². The van der Waals surface area contributed by atoms with Gasteiger partial charge in [-0.2, -0.15) is 0 Å². The zero-order valence-electron chi connectivity index (χ0n) is 9.34. The number of rotatable bonds is 2. The Kier molecular flexibility index (Phi) is 3.82. The van der Waals surface area contributed by atoms with Gasteiger partial charge in [0.15, 0.2) is 0 Å². The van der Waals surface area contributed by atoms with Gasteiger partial charge >= 0.3 is 5.97 Å². The molecule has 0 N–H and O–H groups in total. The van der Waals surface area contributed by atoms with Crippen LogP contribution in [0.2, 0.25) is 5.02 Å². The molecule has 0 saturated carbocycles. The zero-order valence-corrected chi connectivity index (χ0v) is 11.7. The lowest BCUT2D eigenvalue weighted by Gasteiger charge is -2.07. The number of halogens is 3. The Morgan fingerprint density at radius 3 is 2.94 bits per heavy atom. The highest BCUT2D eigenvalue weighted by Gasteiger charge is 2.16. The molecule has 0 aliphatic carbocycles. The Morgan fingerprint density at radius 2 is 2.28 bits per heavy atom. The van der Waals surface area contributed by atoms with E-state index in [1.807, 2.05) is 0 Å². The van der Waals surface area contributed by atoms with Crippen LogP contribution in [0, 0.1) is 5.82 Å². The fourth-order valence-corrected chi connectivity index (χ4v) is 2.11. The first-order valence-electron chi connectivity index (χ1n) is 5.15. The van der Waals surface area contributed by atoms with Crippen molar-refractivity contribution in [2.24, 2.45) is 0 Å². The van der Waals surface area contributed by atoms with E-state index in [2.05, 4.69) is 20.9 Å². The van der Waals surface area contributed by atoms with Crippen LogP contribution in [0.1, 0.15) is 17.3 Å². The fourth-order valence-electron chi connectivity index (χ4n) is 1.51. The molecular formula is C12H8BrClFNO2. The number of ether oxygens (including phenoxy) is 1. The molecule has 3 nitrogen and oxygen atoms in total. The molecule has 0 fully saturated rings. The zero-order chi connectivity index (χ0) is 13.3. The maximum absolute atomic E-state index is 13.5. The minimum absolute atomic E-state index is 0.132. The molecule has 0 atom stereocenters. The fraction of sp³-hybridized carbons (Fsp3) is 0.167. The number of pyridine rings is 1. The summed E-state index contributed by atoms with van der Waals surface area (Å²) in [6.07, 6.45) is 1.33. The largest absolute Gasteiger partial charge is 0.462 e. The summed E-state index contributed by atoms with van der Waals surface area (Å²) >= 11 is 9.14. The normalized spacial score (nSPS) is 10.7. The third kappa shape index (κ3) is 2.33. The van der Waals surface area contributed by atoms with Crippen molar-refractivity contribution in [3.8, 4) is 0 Å². The Bertz CT molecular complexity index is 633. The number of carbonyl (C=O) groups excluding carboxylic acids is 1. The van der Waals surface area contributed by atoms with Crippen molar-refractivity contribution in [3.05, 3.63) is 39.2 Å². The van der Waals surface area contributed by atoms with Gasteiger partial charge in [-0.05, 0) is 35.0 Å². The van der Waals surface area contributed by atoms with Gasteiger partial charge in [-0.3, -0.25) is 4.98 Å². The van der Waals surface area contributed by atoms with Crippen LogP contribution in [0.25, 0.3) is 10.9 Å². The minimum Gasteiger partial charge on any atom is -0.462 e. The molecule has 0 saturated heterocycles. The van der Waals surface area contributed by atoms with Gasteiger partial charge in [0.05, 0.1) is 27.2 Å². The van der Waals surface area contributed by atoms with Crippen LogP contribution in [0.3, 0.4) is 0 Å². The van der Waals surface area contributed by atoms with E-state index < -0.39 is 11.8 Å². The lowest BCUT2D eigenvalue weighted by molar-refractivity contribution is 0.0526. The van der Waals surface area contributed by atoms with Crippen LogP contribution < -0.4 is 0 Å².